The zero-order chi connectivity index (χ0) is 36.8. The Labute approximate surface area is 317 Å². The highest BCUT2D eigenvalue weighted by molar-refractivity contribution is 7.84. The molecule has 1 fully saturated rings. The van der Waals surface area contributed by atoms with Crippen LogP contribution in [0.5, 0.6) is 5.75 Å². The van der Waals surface area contributed by atoms with Gasteiger partial charge < -0.3 is 24.4 Å². The summed E-state index contributed by atoms with van der Waals surface area (Å²) < 4.78 is 30.4. The molecule has 2 aliphatic heterocycles. The molecule has 1 unspecified atom stereocenters. The van der Waals surface area contributed by atoms with Crippen LogP contribution in [0.25, 0.3) is 17.2 Å². The van der Waals surface area contributed by atoms with Gasteiger partial charge in [-0.1, -0.05) is 38.5 Å². The minimum Gasteiger partial charge on any atom is -0.491 e. The topological polar surface area (TPSA) is 90.0 Å². The molecule has 9 heteroatoms. The molecule has 1 saturated heterocycles. The van der Waals surface area contributed by atoms with Crippen molar-refractivity contribution >= 4 is 34.2 Å². The van der Waals surface area contributed by atoms with E-state index in [1.54, 1.807) is 12.4 Å². The highest BCUT2D eigenvalue weighted by atomic mass is 32.2. The van der Waals surface area contributed by atoms with Gasteiger partial charge in [-0.2, -0.15) is 0 Å². The van der Waals surface area contributed by atoms with Crippen LogP contribution in [0.3, 0.4) is 0 Å². The lowest BCUT2D eigenvalue weighted by Gasteiger charge is -2.33. The van der Waals surface area contributed by atoms with Crippen LogP contribution in [0.1, 0.15) is 69.1 Å². The predicted octanol–water partition coefficient (Wildman–Crippen LogP) is 8.86. The van der Waals surface area contributed by atoms with Crippen molar-refractivity contribution in [3.8, 4) is 16.9 Å². The molecule has 4 aromatic rings. The van der Waals surface area contributed by atoms with Gasteiger partial charge in [0.1, 0.15) is 12.4 Å². The van der Waals surface area contributed by atoms with E-state index in [0.717, 1.165) is 121 Å². The van der Waals surface area contributed by atoms with Gasteiger partial charge in [-0.05, 0) is 133 Å². The summed E-state index contributed by atoms with van der Waals surface area (Å²) in [6, 6.07) is 24.1. The van der Waals surface area contributed by atoms with Crippen LogP contribution in [0.2, 0.25) is 0 Å². The van der Waals surface area contributed by atoms with E-state index >= 15 is 0 Å². The maximum atomic E-state index is 13.8. The zero-order valence-electron chi connectivity index (χ0n) is 31.2. The van der Waals surface area contributed by atoms with Crippen molar-refractivity contribution in [3.63, 3.8) is 0 Å². The van der Waals surface area contributed by atoms with Gasteiger partial charge in [-0.15, -0.1) is 0 Å². The average Bonchev–Trinajstić information content (AvgIpc) is 3.18. The molecule has 0 bridgehead atoms. The van der Waals surface area contributed by atoms with Crippen LogP contribution >= 0.6 is 0 Å². The third kappa shape index (κ3) is 10.9. The lowest BCUT2D eigenvalue weighted by molar-refractivity contribution is -0.112. The second kappa shape index (κ2) is 19.7. The molecule has 0 aliphatic carbocycles. The molecule has 1 atom stereocenters. The monoisotopic (exact) mass is 735 g/mol. The maximum absolute atomic E-state index is 13.8. The number of benzene rings is 3. The highest BCUT2D eigenvalue weighted by Crippen LogP contribution is 2.34. The summed E-state index contributed by atoms with van der Waals surface area (Å²) in [6.45, 7) is 9.62. The van der Waals surface area contributed by atoms with Crippen molar-refractivity contribution in [1.82, 2.24) is 4.98 Å². The van der Waals surface area contributed by atoms with E-state index in [0.29, 0.717) is 37.0 Å². The molecule has 1 amide bonds. The molecule has 1 N–H and O–H groups in total. The second-order valence-electron chi connectivity index (χ2n) is 13.9. The van der Waals surface area contributed by atoms with Crippen LogP contribution in [-0.4, -0.2) is 61.2 Å². The van der Waals surface area contributed by atoms with Gasteiger partial charge in [-0.3, -0.25) is 14.0 Å². The van der Waals surface area contributed by atoms with E-state index < -0.39 is 10.8 Å². The molecule has 6 rings (SSSR count). The van der Waals surface area contributed by atoms with Crippen molar-refractivity contribution < 1.29 is 23.2 Å². The number of hydrogen-bond acceptors (Lipinski definition) is 7. The van der Waals surface area contributed by atoms with Crippen molar-refractivity contribution in [2.24, 2.45) is 5.92 Å². The fourth-order valence-corrected chi connectivity index (χ4v) is 8.10. The zero-order valence-corrected chi connectivity index (χ0v) is 32.0. The number of unbranched alkanes of at least 4 members (excludes halogenated alkanes) is 1. The SMILES string of the molecule is CCCCOCCOc1ccc(-c2ccc3c(c2)/C=C(/C(=O)Nc2ccc(S(=O)Cc4cnccc4CC)cc2)CCCN3CC2CCOCC2)cc1. The summed E-state index contributed by atoms with van der Waals surface area (Å²) in [6.07, 6.45) is 12.4. The van der Waals surface area contributed by atoms with Gasteiger partial charge in [0.25, 0.3) is 5.91 Å². The van der Waals surface area contributed by atoms with E-state index in [1.807, 2.05) is 42.5 Å². The number of carbonyl (C=O) groups is 1. The predicted molar refractivity (Wildman–Crippen MR) is 215 cm³/mol. The smallest absolute Gasteiger partial charge is 0.251 e. The molecule has 0 spiro atoms. The molecule has 280 valence electrons. The molecule has 1 aromatic heterocycles. The number of nitrogens with zero attached hydrogens (tertiary/aromatic N) is 2. The van der Waals surface area contributed by atoms with E-state index in [9.17, 15) is 9.00 Å². The number of amides is 1. The van der Waals surface area contributed by atoms with Crippen molar-refractivity contribution in [1.29, 1.82) is 0 Å². The Morgan fingerprint density at radius 2 is 1.74 bits per heavy atom. The normalized spacial score (nSPS) is 16.5. The molecule has 3 aromatic carbocycles. The molecule has 0 radical (unpaired) electrons. The van der Waals surface area contributed by atoms with E-state index in [-0.39, 0.29) is 5.91 Å². The Morgan fingerprint density at radius 1 is 0.943 bits per heavy atom. The number of carbonyl (C=O) groups excluding carboxylic acids is 1. The minimum absolute atomic E-state index is 0.115. The van der Waals surface area contributed by atoms with Gasteiger partial charge >= 0.3 is 0 Å². The number of hydrogen-bond donors (Lipinski definition) is 1. The molecule has 53 heavy (non-hydrogen) atoms. The number of anilines is 2. The number of ether oxygens (including phenoxy) is 3. The molecule has 3 heterocycles. The Hall–Kier alpha value is -4.31. The van der Waals surface area contributed by atoms with Gasteiger partial charge in [-0.25, -0.2) is 0 Å². The Balaban J connectivity index is 1.18. The van der Waals surface area contributed by atoms with E-state index in [1.165, 1.54) is 0 Å². The standard InChI is InChI=1S/C44H53N3O5S/c1-3-5-23-50-26-27-52-41-13-8-35(9-14-41)36-10-17-43-38(28-36)29-37(7-6-22-47(43)31-33-19-24-51-25-20-33)44(48)46-40-11-15-42(16-12-40)53(49)32-39-30-45-21-18-34(39)4-2/h8-18,21,28-30,33H,3-7,19-20,22-27,31-32H2,1-2H3,(H,46,48)/b37-29+. The number of aromatic nitrogens is 1. The fourth-order valence-electron chi connectivity index (χ4n) is 6.96. The first-order valence-electron chi connectivity index (χ1n) is 19.2. The lowest BCUT2D eigenvalue weighted by atomic mass is 9.94. The van der Waals surface area contributed by atoms with Crippen molar-refractivity contribution in [2.75, 3.05) is 56.3 Å². The Kier molecular flexibility index (Phi) is 14.3. The van der Waals surface area contributed by atoms with E-state index in [2.05, 4.69) is 65.5 Å². The van der Waals surface area contributed by atoms with Gasteiger partial charge in [0.05, 0.1) is 23.2 Å². The van der Waals surface area contributed by atoms with Gasteiger partial charge in [0, 0.05) is 67.1 Å². The number of aryl methyl sites for hydroxylation is 1. The lowest BCUT2D eigenvalue weighted by Crippen LogP contribution is -2.34. The maximum Gasteiger partial charge on any atom is 0.251 e. The molecule has 2 aliphatic rings. The van der Waals surface area contributed by atoms with Crippen molar-refractivity contribution in [3.05, 3.63) is 107 Å². The van der Waals surface area contributed by atoms with E-state index in [4.69, 9.17) is 14.2 Å². The minimum atomic E-state index is -1.22. The Bertz CT molecular complexity index is 1840. The first-order valence-corrected chi connectivity index (χ1v) is 20.5. The van der Waals surface area contributed by atoms with Gasteiger partial charge in [0.2, 0.25) is 0 Å². The van der Waals surface area contributed by atoms with Crippen LogP contribution in [0.4, 0.5) is 11.4 Å². The third-order valence-corrected chi connectivity index (χ3v) is 11.4. The average molecular weight is 736 g/mol. The first-order chi connectivity index (χ1) is 26.0. The summed E-state index contributed by atoms with van der Waals surface area (Å²) in [5, 5.41) is 3.12. The largest absolute Gasteiger partial charge is 0.491 e. The summed E-state index contributed by atoms with van der Waals surface area (Å²) in [5.41, 5.74) is 7.95. The quantitative estimate of drug-likeness (QED) is 0.115. The highest BCUT2D eigenvalue weighted by Gasteiger charge is 2.23. The third-order valence-electron chi connectivity index (χ3n) is 10.1. The number of fused-ring (bicyclic) bond motifs is 1. The van der Waals surface area contributed by atoms with Crippen LogP contribution in [0.15, 0.2) is 95.7 Å². The first kappa shape index (κ1) is 38.4. The van der Waals surface area contributed by atoms with Gasteiger partial charge in [0.15, 0.2) is 0 Å². The van der Waals surface area contributed by atoms with Crippen LogP contribution in [-0.2, 0) is 37.2 Å². The number of rotatable bonds is 16. The van der Waals surface area contributed by atoms with Crippen molar-refractivity contribution in [2.45, 2.75) is 69.4 Å². The Morgan fingerprint density at radius 3 is 2.51 bits per heavy atom. The number of pyridine rings is 1. The van der Waals surface area contributed by atoms with Crippen LogP contribution in [0, 0.1) is 5.92 Å². The summed E-state index contributed by atoms with van der Waals surface area (Å²) in [5.74, 6) is 1.70. The summed E-state index contributed by atoms with van der Waals surface area (Å²) in [4.78, 5) is 21.3. The number of nitrogens with one attached hydrogen (secondary N) is 1. The fraction of sp³-hybridized carbons (Fsp3) is 0.409. The second-order valence-corrected chi connectivity index (χ2v) is 15.3. The summed E-state index contributed by atoms with van der Waals surface area (Å²) >= 11 is 0. The molecular formula is C44H53N3O5S. The molecule has 8 nitrogen and oxygen atoms in total. The van der Waals surface area contributed by atoms with Crippen LogP contribution < -0.4 is 15.0 Å². The summed E-state index contributed by atoms with van der Waals surface area (Å²) in [7, 11) is -1.22. The molecule has 0 saturated carbocycles. The molecular weight excluding hydrogens is 683 g/mol.